The zero-order chi connectivity index (χ0) is 94.1. The van der Waals surface area contributed by atoms with Crippen LogP contribution >= 0.6 is 11.6 Å². The van der Waals surface area contributed by atoms with Gasteiger partial charge in [-0.15, -0.1) is 0 Å². The molecule has 0 radical (unpaired) electrons. The summed E-state index contributed by atoms with van der Waals surface area (Å²) in [6, 6.07) is 30.0. The van der Waals surface area contributed by atoms with E-state index in [-0.39, 0.29) is 92.8 Å². The summed E-state index contributed by atoms with van der Waals surface area (Å²) in [5.41, 5.74) is 8.46. The summed E-state index contributed by atoms with van der Waals surface area (Å²) in [7, 11) is 2.85. The highest BCUT2D eigenvalue weighted by Crippen LogP contribution is 2.24. The van der Waals surface area contributed by atoms with Gasteiger partial charge in [-0.1, -0.05) is 136 Å². The monoisotopic (exact) mass is 1800 g/mol. The van der Waals surface area contributed by atoms with Crippen molar-refractivity contribution in [1.82, 2.24) is 82.8 Å². The molecule has 3 aromatic heterocycles. The minimum absolute atomic E-state index is 0.000395. The summed E-state index contributed by atoms with van der Waals surface area (Å²) in [5, 5.41) is 46.8. The predicted octanol–water partition coefficient (Wildman–Crippen LogP) is 3.70. The quantitative estimate of drug-likeness (QED) is 0.0242. The van der Waals surface area contributed by atoms with E-state index in [1.165, 1.54) is 116 Å². The molecule has 0 spiro atoms. The van der Waals surface area contributed by atoms with Crippen molar-refractivity contribution < 1.29 is 77.0 Å². The van der Waals surface area contributed by atoms with E-state index in [0.29, 0.717) is 58.6 Å². The van der Waals surface area contributed by atoms with Crippen LogP contribution in [0, 0.1) is 5.92 Å². The van der Waals surface area contributed by atoms with Crippen molar-refractivity contribution in [1.29, 1.82) is 0 Å². The first kappa shape index (κ1) is 99.8. The molecule has 1 saturated heterocycles. The van der Waals surface area contributed by atoms with E-state index in [4.69, 9.17) is 17.3 Å². The number of benzene rings is 5. The molecular weight excluding hydrogens is 1690 g/mol. The summed E-state index contributed by atoms with van der Waals surface area (Å²) in [6.45, 7) is 8.97. The Kier molecular flexibility index (Phi) is 38.0. The Morgan fingerprint density at radius 1 is 0.477 bits per heavy atom. The number of aromatic nitrogens is 3. The Bertz CT molecular complexity index is 5260. The number of amides is 15. The standard InChI is InChI=1S/C94H114ClN19O16/c1-56(2)45-73(84(120)105-72(24-13-14-41-98-57(3)4)94(130)114-44-18-25-80(114)91(127)101-58(5)83(96)119)106-86(122)76(48-61-29-36-68(37-30-61)103-81(117)53-112(7)92(128)70-22-11-15-42-99-70)108-88(124)77(49-62-31-38-69(39-32-62)104-82(118)54-113(8)93(129)71-23-12-16-43-100-71)110-90(126)79(55-115)111-89(125)78(51-64-19-17-40-97-52-64)109-87(123)75(47-60-27-34-67(95)35-28-60)107-85(121)74(102-59(6)116)50-63-26-33-65-20-9-10-21-66(65)46-63/h9-12,15-17,19-23,26-40,42-43,46,52,56-58,72-80,98,115H,13-14,18,24-25,41,44-45,47-51,53-55H2,1-8H3,(H2,96,119)(H,101,127)(H,102,116)(H,103,117)(H,104,118)(H,105,120)(H,106,122)(H,107,121)(H,108,124)(H,109,123)(H,110,126)(H,111,125)/t58-,72+,73+,74-,75-,76-,77+,78-,79+,80+/m1/s1. The third-order valence-electron chi connectivity index (χ3n) is 21.4. The number of aliphatic hydroxyl groups is 1. The zero-order valence-electron chi connectivity index (χ0n) is 73.8. The SMILES string of the molecule is CC(=O)N[C@H](Cc1ccc2ccccc2c1)C(=O)N[C@H](Cc1ccc(Cl)cc1)C(=O)N[C@H](Cc1cccnc1)C(=O)N[C@@H](CO)C(=O)N[C@@H](Cc1ccc(NC(=O)CN(C)C(=O)c2ccccn2)cc1)C(=O)N[C@H](Cc1ccc(NC(=O)CN(C)C(=O)c2ccccn2)cc1)C(=O)N[C@@H](CC(C)C)C(=O)N[C@@H](CCCCNC(C)C)C(=O)N1CCC[C@H]1C(=O)N[C@H](C)C(N)=O. The lowest BCUT2D eigenvalue weighted by molar-refractivity contribution is -0.142. The van der Waals surface area contributed by atoms with Crippen LogP contribution in [0.2, 0.25) is 5.02 Å². The van der Waals surface area contributed by atoms with Gasteiger partial charge in [0.15, 0.2) is 0 Å². The van der Waals surface area contributed by atoms with Crippen molar-refractivity contribution in [3.8, 4) is 0 Å². The number of hydrogen-bond donors (Lipinski definition) is 14. The van der Waals surface area contributed by atoms with Gasteiger partial charge >= 0.3 is 0 Å². The van der Waals surface area contributed by atoms with E-state index in [0.717, 1.165) is 10.8 Å². The second-order valence-electron chi connectivity index (χ2n) is 32.9. The van der Waals surface area contributed by atoms with Gasteiger partial charge in [-0.3, -0.25) is 86.9 Å². The first-order chi connectivity index (χ1) is 62.2. The Morgan fingerprint density at radius 2 is 0.915 bits per heavy atom. The molecule has 0 unspecified atom stereocenters. The van der Waals surface area contributed by atoms with E-state index in [2.05, 4.69) is 78.8 Å². The molecule has 9 rings (SSSR count). The molecule has 130 heavy (non-hydrogen) atoms. The number of nitrogens with two attached hydrogens (primary N) is 1. The van der Waals surface area contributed by atoms with E-state index < -0.39 is 169 Å². The van der Waals surface area contributed by atoms with Crippen LogP contribution in [-0.4, -0.2) is 237 Å². The van der Waals surface area contributed by atoms with Gasteiger partial charge in [0.1, 0.15) is 71.8 Å². The number of carbonyl (C=O) groups is 15. The highest BCUT2D eigenvalue weighted by atomic mass is 35.5. The molecule has 10 atom stereocenters. The molecule has 1 aliphatic heterocycles. The molecule has 35 nitrogen and oxygen atoms in total. The summed E-state index contributed by atoms with van der Waals surface area (Å²) < 4.78 is 0. The second-order valence-corrected chi connectivity index (χ2v) is 33.3. The minimum Gasteiger partial charge on any atom is -0.394 e. The topological polar surface area (TPSA) is 495 Å². The Hall–Kier alpha value is -13.9. The molecule has 688 valence electrons. The van der Waals surface area contributed by atoms with Crippen LogP contribution in [-0.2, 0) is 94.4 Å². The molecule has 15 N–H and O–H groups in total. The molecule has 0 saturated carbocycles. The van der Waals surface area contributed by atoms with Gasteiger partial charge in [0.2, 0.25) is 76.8 Å². The van der Waals surface area contributed by atoms with Gasteiger partial charge in [-0.05, 0) is 163 Å². The number of nitrogens with one attached hydrogen (secondary N) is 12. The third-order valence-corrected chi connectivity index (χ3v) is 21.7. The van der Waals surface area contributed by atoms with Gasteiger partial charge in [0, 0.05) is 107 Å². The lowest BCUT2D eigenvalue weighted by atomic mass is 9.99. The first-order valence-electron chi connectivity index (χ1n) is 43.0. The van der Waals surface area contributed by atoms with Crippen LogP contribution in [0.1, 0.15) is 129 Å². The number of aliphatic hydroxyl groups excluding tert-OH is 1. The number of carbonyl (C=O) groups excluding carboxylic acids is 15. The van der Waals surface area contributed by atoms with Crippen molar-refractivity contribution in [2.75, 3.05) is 57.5 Å². The predicted molar refractivity (Wildman–Crippen MR) is 487 cm³/mol. The number of primary amides is 1. The number of rotatable bonds is 46. The normalized spacial score (nSPS) is 14.4. The van der Waals surface area contributed by atoms with Crippen LogP contribution in [0.4, 0.5) is 11.4 Å². The van der Waals surface area contributed by atoms with E-state index >= 15 is 28.8 Å². The largest absolute Gasteiger partial charge is 0.394 e. The van der Waals surface area contributed by atoms with Gasteiger partial charge in [-0.2, -0.15) is 0 Å². The average molecular weight is 1800 g/mol. The highest BCUT2D eigenvalue weighted by molar-refractivity contribution is 6.30. The molecule has 8 aromatic rings. The van der Waals surface area contributed by atoms with Crippen molar-refractivity contribution in [2.24, 2.45) is 11.7 Å². The maximum atomic E-state index is 15.7. The molecule has 5 aromatic carbocycles. The second kappa shape index (κ2) is 49.4. The number of pyridine rings is 3. The van der Waals surface area contributed by atoms with E-state index in [1.54, 1.807) is 86.6 Å². The summed E-state index contributed by atoms with van der Waals surface area (Å²) in [4.78, 5) is 229. The molecule has 15 amide bonds. The number of hydrogen-bond acceptors (Lipinski definition) is 20. The van der Waals surface area contributed by atoms with E-state index in [9.17, 15) is 48.3 Å². The molecule has 0 bridgehead atoms. The number of unbranched alkanes of at least 4 members (excludes halogenated alkanes) is 1. The van der Waals surface area contributed by atoms with Crippen molar-refractivity contribution in [3.05, 3.63) is 233 Å². The van der Waals surface area contributed by atoms with Crippen molar-refractivity contribution >= 4 is 122 Å². The number of likely N-dealkylation sites (tertiary alicyclic amines) is 1. The molecule has 4 heterocycles. The van der Waals surface area contributed by atoms with Crippen molar-refractivity contribution in [2.45, 2.75) is 179 Å². The van der Waals surface area contributed by atoms with Gasteiger partial charge in [-0.25, -0.2) is 0 Å². The van der Waals surface area contributed by atoms with Crippen LogP contribution in [0.5, 0.6) is 0 Å². The number of halogens is 1. The van der Waals surface area contributed by atoms with E-state index in [1.807, 2.05) is 56.3 Å². The van der Waals surface area contributed by atoms with Gasteiger partial charge in [0.05, 0.1) is 19.7 Å². The van der Waals surface area contributed by atoms with Crippen LogP contribution in [0.15, 0.2) is 189 Å². The fourth-order valence-corrected chi connectivity index (χ4v) is 14.7. The summed E-state index contributed by atoms with van der Waals surface area (Å²) >= 11 is 6.30. The molecule has 0 aliphatic carbocycles. The number of fused-ring (bicyclic) bond motifs is 1. The Labute approximate surface area is 758 Å². The maximum Gasteiger partial charge on any atom is 0.272 e. The lowest BCUT2D eigenvalue weighted by Crippen LogP contribution is -2.62. The maximum absolute atomic E-state index is 15.7. The molecular formula is C94H114ClN19O16. The third kappa shape index (κ3) is 31.2. The summed E-state index contributed by atoms with van der Waals surface area (Å²) in [5.74, 6) is -11.8. The van der Waals surface area contributed by atoms with Crippen LogP contribution in [0.3, 0.4) is 0 Å². The number of nitrogens with zero attached hydrogens (tertiary/aromatic N) is 6. The fourth-order valence-electron chi connectivity index (χ4n) is 14.6. The zero-order valence-corrected chi connectivity index (χ0v) is 74.6. The number of anilines is 2. The smallest absolute Gasteiger partial charge is 0.272 e. The average Bonchev–Trinajstić information content (AvgIpc) is 1.66. The minimum atomic E-state index is -1.93. The Morgan fingerprint density at radius 3 is 1.38 bits per heavy atom. The van der Waals surface area contributed by atoms with Gasteiger partial charge in [0.25, 0.3) is 11.8 Å². The first-order valence-corrected chi connectivity index (χ1v) is 43.4. The fraction of sp³-hybridized carbons (Fsp3) is 0.383. The van der Waals surface area contributed by atoms with Crippen LogP contribution < -0.4 is 69.5 Å². The molecule has 1 fully saturated rings. The molecule has 36 heteroatoms. The lowest BCUT2D eigenvalue weighted by Gasteiger charge is -2.31. The molecule has 1 aliphatic rings. The Balaban J connectivity index is 1.03. The van der Waals surface area contributed by atoms with Gasteiger partial charge < -0.3 is 89.3 Å². The number of likely N-dealkylation sites (N-methyl/N-ethyl adjacent to an activating group) is 2. The summed E-state index contributed by atoms with van der Waals surface area (Å²) in [6.07, 6.45) is 6.19. The van der Waals surface area contributed by atoms with Crippen LogP contribution in [0.25, 0.3) is 10.8 Å². The van der Waals surface area contributed by atoms with Crippen molar-refractivity contribution in [3.63, 3.8) is 0 Å². The highest BCUT2D eigenvalue weighted by Gasteiger charge is 2.41.